The third-order valence-electron chi connectivity index (χ3n) is 15.2. The molecule has 0 amide bonds. The molecule has 0 bridgehead atoms. The number of nitrogens with zero attached hydrogens (tertiary/aromatic N) is 17. The molecule has 0 saturated heterocycles. The zero-order valence-electron chi connectivity index (χ0n) is 48.5. The van der Waals surface area contributed by atoms with Crippen molar-refractivity contribution in [3.8, 4) is 0 Å². The molecular weight excluding hydrogens is 911 g/mol. The van der Waals surface area contributed by atoms with E-state index >= 15 is 0 Å². The lowest BCUT2D eigenvalue weighted by Crippen LogP contribution is -2.35. The second-order valence-corrected chi connectivity index (χ2v) is 19.2. The van der Waals surface area contributed by atoms with Gasteiger partial charge in [-0.25, -0.2) is 32.8 Å². The smallest absolute Gasteiger partial charge is 0.260 e. The Morgan fingerprint density at radius 3 is 1.49 bits per heavy atom. The molecule has 0 N–H and O–H groups in total. The van der Waals surface area contributed by atoms with Gasteiger partial charge in [-0.2, -0.15) is 0 Å². The van der Waals surface area contributed by atoms with Gasteiger partial charge in [-0.3, -0.25) is 22.8 Å². The van der Waals surface area contributed by atoms with Gasteiger partial charge in [-0.05, 0) is 112 Å². The van der Waals surface area contributed by atoms with E-state index in [0.29, 0.717) is 0 Å². The lowest BCUT2D eigenvalue weighted by molar-refractivity contribution is -0.676. The molecule has 0 aliphatic heterocycles. The van der Waals surface area contributed by atoms with Crippen LogP contribution in [0.5, 0.6) is 0 Å². The van der Waals surface area contributed by atoms with E-state index in [1.807, 2.05) is 33.4 Å². The minimum absolute atomic E-state index is 0.821. The molecule has 0 unspecified atom stereocenters. The molecule has 10 rings (SSSR count). The highest BCUT2D eigenvalue weighted by atomic mass is 15.2. The Balaban J connectivity index is 0.000000149. The van der Waals surface area contributed by atoms with Crippen molar-refractivity contribution in [2.24, 2.45) is 35.2 Å². The van der Waals surface area contributed by atoms with Crippen LogP contribution in [0.15, 0.2) is 30.9 Å². The number of rotatable bonds is 5. The Kier molecular flexibility index (Phi) is 16.9. The topological polar surface area (TPSA) is 134 Å². The summed E-state index contributed by atoms with van der Waals surface area (Å²) in [6.07, 6.45) is 5.34. The summed E-state index contributed by atoms with van der Waals surface area (Å²) in [5, 5.41) is 0. The van der Waals surface area contributed by atoms with Gasteiger partial charge in [0.15, 0.2) is 33.9 Å². The van der Waals surface area contributed by atoms with Crippen LogP contribution in [0, 0.1) is 90.0 Å². The maximum absolute atomic E-state index is 4.73. The molecule has 0 saturated carbocycles. The van der Waals surface area contributed by atoms with Crippen LogP contribution < -0.4 is 22.8 Å². The fourth-order valence-electron chi connectivity index (χ4n) is 10.1. The molecule has 0 atom stereocenters. The lowest BCUT2D eigenvalue weighted by atomic mass is 10.1. The van der Waals surface area contributed by atoms with E-state index in [4.69, 9.17) is 4.98 Å². The van der Waals surface area contributed by atoms with Gasteiger partial charge in [0.2, 0.25) is 34.9 Å². The largest absolute Gasteiger partial charge is 0.305 e. The van der Waals surface area contributed by atoms with Crippen LogP contribution in [0.3, 0.4) is 0 Å². The molecule has 0 fully saturated rings. The van der Waals surface area contributed by atoms with Crippen molar-refractivity contribution in [1.29, 1.82) is 0 Å². The Bertz CT molecular complexity index is 3650. The van der Waals surface area contributed by atoms with Crippen molar-refractivity contribution in [3.63, 3.8) is 0 Å². The van der Waals surface area contributed by atoms with Crippen LogP contribution in [-0.2, 0) is 68.0 Å². The molecule has 0 aromatic carbocycles. The number of aromatic nitrogens is 17. The molecule has 0 radical (unpaired) electrons. The van der Waals surface area contributed by atoms with Crippen molar-refractivity contribution in [1.82, 2.24) is 57.7 Å². The molecule has 10 heterocycles. The highest BCUT2D eigenvalue weighted by Gasteiger charge is 2.25. The van der Waals surface area contributed by atoms with Crippen LogP contribution in [0.4, 0.5) is 0 Å². The normalized spacial score (nSPS) is 11.2. The molecule has 10 aromatic heterocycles. The minimum Gasteiger partial charge on any atom is -0.260 e. The van der Waals surface area contributed by atoms with Crippen LogP contribution in [-0.4, -0.2) is 57.7 Å². The number of pyridine rings is 3. The Morgan fingerprint density at radius 2 is 0.932 bits per heavy atom. The van der Waals surface area contributed by atoms with Crippen molar-refractivity contribution in [3.05, 3.63) is 105 Å². The maximum atomic E-state index is 4.73. The summed E-state index contributed by atoms with van der Waals surface area (Å²) < 4.78 is 22.1. The van der Waals surface area contributed by atoms with E-state index in [1.54, 1.807) is 6.33 Å². The van der Waals surface area contributed by atoms with Gasteiger partial charge in [0.05, 0.1) is 80.4 Å². The molecule has 388 valence electrons. The van der Waals surface area contributed by atoms with E-state index < -0.39 is 0 Å². The summed E-state index contributed by atoms with van der Waals surface area (Å²) in [6.45, 7) is 42.9. The van der Waals surface area contributed by atoms with E-state index in [0.717, 1.165) is 94.9 Å². The zero-order chi connectivity index (χ0) is 54.1. The van der Waals surface area contributed by atoms with E-state index in [1.165, 1.54) is 67.9 Å². The van der Waals surface area contributed by atoms with Crippen molar-refractivity contribution in [2.45, 2.75) is 157 Å². The fraction of sp³-hybridized carbons (Fsp3) is 0.500. The molecular formula is C56H84N17+5. The Hall–Kier alpha value is -7.04. The highest BCUT2D eigenvalue weighted by Crippen LogP contribution is 2.22. The van der Waals surface area contributed by atoms with Gasteiger partial charge in [-0.15, -0.1) is 15.0 Å². The molecule has 0 aliphatic carbocycles. The maximum Gasteiger partial charge on any atom is 0.305 e. The van der Waals surface area contributed by atoms with E-state index in [2.05, 4.69) is 227 Å². The third-order valence-corrected chi connectivity index (χ3v) is 15.2. The third kappa shape index (κ3) is 10.2. The molecule has 17 heteroatoms. The number of hydrogen-bond acceptors (Lipinski definition) is 7. The first-order chi connectivity index (χ1) is 34.5. The summed E-state index contributed by atoms with van der Waals surface area (Å²) in [7, 11) is 10.4. The van der Waals surface area contributed by atoms with E-state index in [-0.39, 0.29) is 0 Å². The lowest BCUT2D eigenvalue weighted by Gasteiger charge is -2.01. The molecule has 0 spiro atoms. The fourth-order valence-corrected chi connectivity index (χ4v) is 10.1. The predicted molar refractivity (Wildman–Crippen MR) is 290 cm³/mol. The van der Waals surface area contributed by atoms with Gasteiger partial charge in [0, 0.05) is 47.1 Å². The first-order valence-electron chi connectivity index (χ1n) is 25.8. The Morgan fingerprint density at radius 1 is 0.438 bits per heavy atom. The first kappa shape index (κ1) is 55.3. The molecule has 10 aromatic rings. The second-order valence-electron chi connectivity index (χ2n) is 19.2. The van der Waals surface area contributed by atoms with Crippen LogP contribution in [0.2, 0.25) is 0 Å². The summed E-state index contributed by atoms with van der Waals surface area (Å²) in [5.74, 6) is 7.01. The average molecular weight is 995 g/mol. The van der Waals surface area contributed by atoms with Crippen molar-refractivity contribution >= 4 is 55.8 Å². The van der Waals surface area contributed by atoms with Crippen LogP contribution in [0.1, 0.15) is 109 Å². The molecule has 17 nitrogen and oxygen atoms in total. The van der Waals surface area contributed by atoms with Crippen LogP contribution in [0.25, 0.3) is 55.8 Å². The summed E-state index contributed by atoms with van der Waals surface area (Å²) >= 11 is 0. The van der Waals surface area contributed by atoms with Gasteiger partial charge >= 0.3 is 28.2 Å². The quantitative estimate of drug-likeness (QED) is 0.167. The molecule has 73 heavy (non-hydrogen) atoms. The number of imidazole rings is 5. The van der Waals surface area contributed by atoms with Crippen LogP contribution >= 0.6 is 0 Å². The standard InChI is InChI=1S/C13H20N3.2C12H18N3.C10H15N4.C9H13N4/c1-7-16-11(5)15(6)12-9(3)8(2)10(4)14-13(12)16;1-6-15-10(4)14(5)11-7-8(2)9(3)13-12(11)15;1-6-15-10(4)14(5)11-8(2)7-9(3)13-12(11)15;1-5-14-8(3)13(4)10-9(14)6-11-7(2)12-10;1-4-13-7(2)12(3)9-8(13)5-10-6-11-9/h7H2,1-6H3;2*7H,6H2,1-5H3;6H,5H2,1-4H3;5-6H,4H2,1-3H3/q5*+1. The Labute approximate surface area is 432 Å². The predicted octanol–water partition coefficient (Wildman–Crippen LogP) is 7.20. The zero-order valence-corrected chi connectivity index (χ0v) is 48.5. The first-order valence-corrected chi connectivity index (χ1v) is 25.8. The second kappa shape index (κ2) is 22.4. The van der Waals surface area contributed by atoms with Crippen molar-refractivity contribution in [2.75, 3.05) is 0 Å². The minimum atomic E-state index is 0.821. The summed E-state index contributed by atoms with van der Waals surface area (Å²) in [4.78, 5) is 31.0. The van der Waals surface area contributed by atoms with Gasteiger partial charge in [0.1, 0.15) is 17.1 Å². The number of hydrogen-bond donors (Lipinski definition) is 0. The highest BCUT2D eigenvalue weighted by molar-refractivity contribution is 5.75. The number of aryl methyl sites for hydroxylation is 17. The van der Waals surface area contributed by atoms with Gasteiger partial charge in [0.25, 0.3) is 0 Å². The van der Waals surface area contributed by atoms with Gasteiger partial charge in [-0.1, -0.05) is 9.97 Å². The van der Waals surface area contributed by atoms with E-state index in [9.17, 15) is 0 Å². The average Bonchev–Trinajstić information content (AvgIpc) is 4.02. The summed E-state index contributed by atoms with van der Waals surface area (Å²) in [5.41, 5.74) is 19.8. The summed E-state index contributed by atoms with van der Waals surface area (Å²) in [6, 6.07) is 4.36. The van der Waals surface area contributed by atoms with Gasteiger partial charge < -0.3 is 0 Å². The molecule has 0 aliphatic rings. The SMILES string of the molecule is CC[n+]1c(C)n(C)c2c(C)c(C)c(C)nc21.CC[n+]1c(C)n(C)c2c(C)cc(C)nc21.CC[n+]1c(C)n(C)c2cc(C)c(C)nc21.CCn1c(C)[n+](C)c2nc(C)ncc21.CCn1c(C)[n+](C)c2ncncc21. The monoisotopic (exact) mass is 995 g/mol. The van der Waals surface area contributed by atoms with Crippen molar-refractivity contribution < 1.29 is 22.8 Å². The number of fused-ring (bicyclic) bond motifs is 5.